The minimum absolute atomic E-state index is 0.114. The smallest absolute Gasteiger partial charge is 0.338 e. The number of amides is 2. The van der Waals surface area contributed by atoms with Gasteiger partial charge >= 0.3 is 18.0 Å². The van der Waals surface area contributed by atoms with Gasteiger partial charge in [0.15, 0.2) is 10.8 Å². The number of aromatic nitrogens is 1. The topological polar surface area (TPSA) is 128 Å². The molecule has 14 heteroatoms. The van der Waals surface area contributed by atoms with Crippen LogP contribution in [0.4, 0.5) is 9.18 Å². The molecule has 2 atom stereocenters. The third-order valence-corrected chi connectivity index (χ3v) is 9.68. The number of amidine groups is 1. The van der Waals surface area contributed by atoms with Crippen molar-refractivity contribution in [3.8, 4) is 0 Å². The SMILES string of the molecule is COC(=O)C1=C(CN2CCN3C(=O)N(CC4(C(=O)O)CCC4)CC3C2)NC(c2nccs2)=NC1c1ccc(F)cc1Cl. The van der Waals surface area contributed by atoms with Gasteiger partial charge in [0, 0.05) is 67.1 Å². The molecule has 2 saturated heterocycles. The van der Waals surface area contributed by atoms with E-state index in [0.717, 1.165) is 6.42 Å². The van der Waals surface area contributed by atoms with Crippen molar-refractivity contribution in [3.05, 3.63) is 62.5 Å². The van der Waals surface area contributed by atoms with E-state index < -0.39 is 29.2 Å². The van der Waals surface area contributed by atoms with E-state index in [1.54, 1.807) is 11.1 Å². The van der Waals surface area contributed by atoms with Crippen LogP contribution in [-0.2, 0) is 14.3 Å². The zero-order chi connectivity index (χ0) is 29.6. The number of piperazine rings is 1. The van der Waals surface area contributed by atoms with Gasteiger partial charge in [-0.2, -0.15) is 0 Å². The van der Waals surface area contributed by atoms with Gasteiger partial charge < -0.3 is 25.0 Å². The van der Waals surface area contributed by atoms with Crippen molar-refractivity contribution in [3.63, 3.8) is 0 Å². The lowest BCUT2D eigenvalue weighted by molar-refractivity contribution is -0.155. The first kappa shape index (κ1) is 28.6. The highest BCUT2D eigenvalue weighted by Gasteiger charge is 2.50. The zero-order valence-corrected chi connectivity index (χ0v) is 24.5. The molecular formula is C28H30ClFN6O5S. The molecule has 4 aliphatic rings. The maximum atomic E-state index is 13.9. The van der Waals surface area contributed by atoms with Crippen molar-refractivity contribution >= 4 is 46.7 Å². The lowest BCUT2D eigenvalue weighted by atomic mass is 9.68. The number of esters is 1. The van der Waals surface area contributed by atoms with Crippen molar-refractivity contribution in [2.45, 2.75) is 31.3 Å². The van der Waals surface area contributed by atoms with Gasteiger partial charge in [-0.15, -0.1) is 11.3 Å². The monoisotopic (exact) mass is 616 g/mol. The molecule has 0 spiro atoms. The number of hydrogen-bond acceptors (Lipinski definition) is 9. The van der Waals surface area contributed by atoms with Crippen LogP contribution in [0.2, 0.25) is 5.02 Å². The molecule has 4 heterocycles. The molecule has 2 amide bonds. The van der Waals surface area contributed by atoms with Crippen molar-refractivity contribution in [2.75, 3.05) is 46.4 Å². The van der Waals surface area contributed by atoms with Crippen LogP contribution in [0.5, 0.6) is 0 Å². The highest BCUT2D eigenvalue weighted by atomic mass is 35.5. The van der Waals surface area contributed by atoms with Crippen LogP contribution in [0.3, 0.4) is 0 Å². The summed E-state index contributed by atoms with van der Waals surface area (Å²) in [6.07, 6.45) is 3.68. The standard InChI is InChI=1S/C28H30ClFN6O5S/c1-41-25(37)21-20(32-23(24-31-7-10-42-24)33-22(21)18-4-3-16(30)11-19(18)29)14-34-8-9-36-17(12-34)13-35(27(36)40)15-28(26(38)39)5-2-6-28/h3-4,7,10-11,17,22H,2,5-6,8-9,12-15H2,1H3,(H,32,33)(H,38,39). The van der Waals surface area contributed by atoms with Gasteiger partial charge in [0.05, 0.1) is 24.1 Å². The van der Waals surface area contributed by atoms with Gasteiger partial charge in [0.25, 0.3) is 0 Å². The summed E-state index contributed by atoms with van der Waals surface area (Å²) in [4.78, 5) is 53.1. The molecule has 1 aromatic carbocycles. The van der Waals surface area contributed by atoms with Crippen molar-refractivity contribution in [1.29, 1.82) is 0 Å². The number of aliphatic imine (C=N–C) groups is 1. The summed E-state index contributed by atoms with van der Waals surface area (Å²) in [5.74, 6) is -1.48. The van der Waals surface area contributed by atoms with E-state index in [-0.39, 0.29) is 29.2 Å². The molecule has 222 valence electrons. The van der Waals surface area contributed by atoms with Crippen LogP contribution < -0.4 is 5.32 Å². The summed E-state index contributed by atoms with van der Waals surface area (Å²) in [5.41, 5.74) is 0.419. The average Bonchev–Trinajstić information content (AvgIpc) is 3.58. The van der Waals surface area contributed by atoms with E-state index in [4.69, 9.17) is 21.3 Å². The van der Waals surface area contributed by atoms with Gasteiger partial charge in [-0.3, -0.25) is 14.7 Å². The summed E-state index contributed by atoms with van der Waals surface area (Å²) in [6, 6.07) is 2.88. The molecule has 0 radical (unpaired) electrons. The largest absolute Gasteiger partial charge is 0.481 e. The van der Waals surface area contributed by atoms with Crippen molar-refractivity contribution in [2.24, 2.45) is 10.4 Å². The number of rotatable bonds is 8. The molecule has 0 bridgehead atoms. The number of methoxy groups -OCH3 is 1. The first-order valence-electron chi connectivity index (χ1n) is 13.7. The van der Waals surface area contributed by atoms with Crippen LogP contribution in [0.25, 0.3) is 0 Å². The number of carboxylic acid groups (broad SMARTS) is 1. The maximum absolute atomic E-state index is 13.9. The fourth-order valence-corrected chi connectivity index (χ4v) is 7.08. The van der Waals surface area contributed by atoms with Gasteiger partial charge in [-0.1, -0.05) is 24.1 Å². The van der Waals surface area contributed by atoms with E-state index >= 15 is 0 Å². The molecule has 1 saturated carbocycles. The number of carbonyl (C=O) groups is 3. The summed E-state index contributed by atoms with van der Waals surface area (Å²) < 4.78 is 19.1. The second-order valence-electron chi connectivity index (χ2n) is 11.1. The summed E-state index contributed by atoms with van der Waals surface area (Å²) >= 11 is 7.83. The number of benzene rings is 1. The van der Waals surface area contributed by atoms with E-state index in [1.165, 1.54) is 36.6 Å². The number of nitrogens with one attached hydrogen (secondary N) is 1. The number of fused-ring (bicyclic) bond motifs is 1. The first-order chi connectivity index (χ1) is 20.2. The molecule has 2 unspecified atom stereocenters. The zero-order valence-electron chi connectivity index (χ0n) is 22.9. The quantitative estimate of drug-likeness (QED) is 0.433. The molecule has 1 aromatic heterocycles. The number of aliphatic carboxylic acids is 1. The van der Waals surface area contributed by atoms with E-state index in [2.05, 4.69) is 15.2 Å². The van der Waals surface area contributed by atoms with Gasteiger partial charge in [0.1, 0.15) is 11.9 Å². The number of carbonyl (C=O) groups excluding carboxylic acids is 2. The Labute approximate surface area is 250 Å². The Morgan fingerprint density at radius 2 is 2.10 bits per heavy atom. The lowest BCUT2D eigenvalue weighted by Gasteiger charge is -2.40. The summed E-state index contributed by atoms with van der Waals surface area (Å²) in [5, 5.41) is 15.6. The molecule has 6 rings (SSSR count). The minimum Gasteiger partial charge on any atom is -0.481 e. The second-order valence-corrected chi connectivity index (χ2v) is 12.4. The van der Waals surface area contributed by atoms with E-state index in [0.29, 0.717) is 67.7 Å². The van der Waals surface area contributed by atoms with Crippen LogP contribution in [0.15, 0.2) is 46.0 Å². The fourth-order valence-electron chi connectivity index (χ4n) is 6.22. The number of nitrogens with zero attached hydrogens (tertiary/aromatic N) is 5. The lowest BCUT2D eigenvalue weighted by Crippen LogP contribution is -2.53. The first-order valence-corrected chi connectivity index (χ1v) is 15.0. The molecule has 2 aromatic rings. The van der Waals surface area contributed by atoms with Crippen molar-refractivity contribution in [1.82, 2.24) is 25.0 Å². The molecule has 1 aliphatic carbocycles. The third kappa shape index (κ3) is 5.13. The van der Waals surface area contributed by atoms with Crippen LogP contribution >= 0.6 is 22.9 Å². The van der Waals surface area contributed by atoms with E-state index in [9.17, 15) is 23.9 Å². The van der Waals surface area contributed by atoms with Gasteiger partial charge in [-0.25, -0.2) is 19.0 Å². The molecule has 2 N–H and O–H groups in total. The van der Waals surface area contributed by atoms with Crippen LogP contribution in [-0.4, -0.2) is 101 Å². The molecule has 42 heavy (non-hydrogen) atoms. The number of thiazole rings is 1. The summed E-state index contributed by atoms with van der Waals surface area (Å²) in [7, 11) is 1.29. The molecule has 11 nitrogen and oxygen atoms in total. The Hall–Kier alpha value is -3.55. The van der Waals surface area contributed by atoms with Crippen LogP contribution in [0, 0.1) is 11.2 Å². The van der Waals surface area contributed by atoms with E-state index in [1.807, 2.05) is 10.3 Å². The Balaban J connectivity index is 1.27. The number of ether oxygens (including phenoxy) is 1. The molecular weight excluding hydrogens is 587 g/mol. The minimum atomic E-state index is -0.861. The number of hydrogen-bond donors (Lipinski definition) is 2. The Bertz CT molecular complexity index is 1480. The summed E-state index contributed by atoms with van der Waals surface area (Å²) in [6.45, 7) is 2.55. The fraction of sp³-hybridized carbons (Fsp3) is 0.464. The Morgan fingerprint density at radius 3 is 2.74 bits per heavy atom. The van der Waals surface area contributed by atoms with Crippen LogP contribution in [0.1, 0.15) is 35.9 Å². The highest BCUT2D eigenvalue weighted by Crippen LogP contribution is 2.43. The number of carboxylic acids is 1. The predicted molar refractivity (Wildman–Crippen MR) is 153 cm³/mol. The second kappa shape index (κ2) is 11.3. The molecule has 3 fully saturated rings. The third-order valence-electron chi connectivity index (χ3n) is 8.58. The maximum Gasteiger partial charge on any atom is 0.338 e. The average molecular weight is 617 g/mol. The molecule has 3 aliphatic heterocycles. The normalized spacial score (nSPS) is 23.7. The van der Waals surface area contributed by atoms with Gasteiger partial charge in [0.2, 0.25) is 0 Å². The predicted octanol–water partition coefficient (Wildman–Crippen LogP) is 3.13. The Morgan fingerprint density at radius 1 is 1.29 bits per heavy atom. The Kier molecular flexibility index (Phi) is 7.66. The number of halogens is 2. The van der Waals surface area contributed by atoms with Gasteiger partial charge in [-0.05, 0) is 25.0 Å². The number of urea groups is 1. The van der Waals surface area contributed by atoms with Crippen molar-refractivity contribution < 1.29 is 28.6 Å². The highest BCUT2D eigenvalue weighted by molar-refractivity contribution is 7.11.